The van der Waals surface area contributed by atoms with Crippen molar-refractivity contribution in [1.82, 2.24) is 9.88 Å². The van der Waals surface area contributed by atoms with Crippen LogP contribution in [0, 0.1) is 0 Å². The molecule has 0 aromatic carbocycles. The summed E-state index contributed by atoms with van der Waals surface area (Å²) in [6, 6.07) is 3.93. The zero-order chi connectivity index (χ0) is 14.6. The molecule has 1 saturated heterocycles. The van der Waals surface area contributed by atoms with Gasteiger partial charge in [-0.25, -0.2) is 13.8 Å². The minimum Gasteiger partial charge on any atom is -0.373 e. The van der Waals surface area contributed by atoms with Gasteiger partial charge in [0.25, 0.3) is 5.92 Å². The van der Waals surface area contributed by atoms with Crippen LogP contribution in [0.4, 0.5) is 14.5 Å². The summed E-state index contributed by atoms with van der Waals surface area (Å²) in [5, 5.41) is 0. The van der Waals surface area contributed by atoms with E-state index in [0.717, 1.165) is 29.8 Å². The molecule has 1 aliphatic rings. The van der Waals surface area contributed by atoms with E-state index in [2.05, 4.69) is 30.7 Å². The fourth-order valence-electron chi connectivity index (χ4n) is 2.36. The zero-order valence-corrected chi connectivity index (χ0v) is 13.2. The highest BCUT2D eigenvalue weighted by molar-refractivity contribution is 9.10. The van der Waals surface area contributed by atoms with Gasteiger partial charge in [0.2, 0.25) is 0 Å². The number of anilines is 1. The summed E-state index contributed by atoms with van der Waals surface area (Å²) < 4.78 is 26.9. The molecule has 0 N–H and O–H groups in total. The third-order valence-corrected chi connectivity index (χ3v) is 4.18. The number of hydrogen-bond acceptors (Lipinski definition) is 3. The van der Waals surface area contributed by atoms with Crippen molar-refractivity contribution in [3.05, 3.63) is 22.9 Å². The number of aromatic nitrogens is 1. The Kier molecular flexibility index (Phi) is 5.32. The van der Waals surface area contributed by atoms with Gasteiger partial charge >= 0.3 is 0 Å². The lowest BCUT2D eigenvalue weighted by Crippen LogP contribution is -2.40. The maximum absolute atomic E-state index is 13.0. The SMILES string of the molecule is CN(CCCN1CCC(F)(F)CC1)c1ccc(Br)nc1. The molecule has 0 bridgehead atoms. The maximum Gasteiger partial charge on any atom is 0.250 e. The highest BCUT2D eigenvalue weighted by atomic mass is 79.9. The van der Waals surface area contributed by atoms with E-state index in [1.165, 1.54) is 0 Å². The fourth-order valence-corrected chi connectivity index (χ4v) is 2.59. The van der Waals surface area contributed by atoms with Crippen LogP contribution >= 0.6 is 15.9 Å². The van der Waals surface area contributed by atoms with Crippen molar-refractivity contribution in [3.63, 3.8) is 0 Å². The predicted molar refractivity (Wildman–Crippen MR) is 80.4 cm³/mol. The summed E-state index contributed by atoms with van der Waals surface area (Å²) >= 11 is 3.31. The Morgan fingerprint density at radius 3 is 2.65 bits per heavy atom. The van der Waals surface area contributed by atoms with Crippen molar-refractivity contribution >= 4 is 21.6 Å². The molecule has 1 fully saturated rings. The first-order chi connectivity index (χ1) is 9.46. The standard InChI is InChI=1S/C14H20BrF2N3/c1-19(12-3-4-13(15)18-11-12)7-2-8-20-9-5-14(16,17)6-10-20/h3-4,11H,2,5-10H2,1H3. The highest BCUT2D eigenvalue weighted by Gasteiger charge is 2.33. The third kappa shape index (κ3) is 4.66. The molecule has 2 rings (SSSR count). The van der Waals surface area contributed by atoms with Crippen molar-refractivity contribution in [2.24, 2.45) is 0 Å². The second kappa shape index (κ2) is 6.80. The molecule has 2 heterocycles. The van der Waals surface area contributed by atoms with Crippen LogP contribution in [0.15, 0.2) is 22.9 Å². The van der Waals surface area contributed by atoms with Gasteiger partial charge in [-0.2, -0.15) is 0 Å². The lowest BCUT2D eigenvalue weighted by Gasteiger charge is -2.32. The van der Waals surface area contributed by atoms with Gasteiger partial charge in [0, 0.05) is 39.5 Å². The molecule has 1 aromatic heterocycles. The first-order valence-electron chi connectivity index (χ1n) is 6.89. The number of piperidine rings is 1. The minimum absolute atomic E-state index is 0.000524. The zero-order valence-electron chi connectivity index (χ0n) is 11.7. The summed E-state index contributed by atoms with van der Waals surface area (Å²) in [4.78, 5) is 8.46. The van der Waals surface area contributed by atoms with Gasteiger partial charge < -0.3 is 9.80 Å². The van der Waals surface area contributed by atoms with E-state index in [1.807, 2.05) is 25.4 Å². The van der Waals surface area contributed by atoms with Gasteiger partial charge in [-0.1, -0.05) is 0 Å². The largest absolute Gasteiger partial charge is 0.373 e. The Hall–Kier alpha value is -0.750. The second-order valence-corrected chi connectivity index (χ2v) is 6.12. The molecule has 0 aliphatic carbocycles. The van der Waals surface area contributed by atoms with Crippen molar-refractivity contribution in [3.8, 4) is 0 Å². The number of rotatable bonds is 5. The Morgan fingerprint density at radius 2 is 2.05 bits per heavy atom. The molecule has 0 amide bonds. The Labute approximate surface area is 127 Å². The summed E-state index contributed by atoms with van der Waals surface area (Å²) in [6.07, 6.45) is 2.79. The summed E-state index contributed by atoms with van der Waals surface area (Å²) in [7, 11) is 2.02. The third-order valence-electron chi connectivity index (χ3n) is 3.71. The molecule has 1 aliphatic heterocycles. The average Bonchev–Trinajstić information content (AvgIpc) is 2.41. The first-order valence-corrected chi connectivity index (χ1v) is 7.68. The monoisotopic (exact) mass is 347 g/mol. The van der Waals surface area contributed by atoms with Gasteiger partial charge in [0.05, 0.1) is 11.9 Å². The lowest BCUT2D eigenvalue weighted by molar-refractivity contribution is -0.0550. The number of alkyl halides is 2. The van der Waals surface area contributed by atoms with Crippen LogP contribution in [0.25, 0.3) is 0 Å². The average molecular weight is 348 g/mol. The Morgan fingerprint density at radius 1 is 1.35 bits per heavy atom. The van der Waals surface area contributed by atoms with Crippen molar-refractivity contribution < 1.29 is 8.78 Å². The molecule has 0 radical (unpaired) electrons. The summed E-state index contributed by atoms with van der Waals surface area (Å²) in [6.45, 7) is 2.80. The molecule has 3 nitrogen and oxygen atoms in total. The molecular formula is C14H20BrF2N3. The van der Waals surface area contributed by atoms with E-state index in [1.54, 1.807) is 0 Å². The van der Waals surface area contributed by atoms with Gasteiger partial charge in [0.1, 0.15) is 4.60 Å². The molecule has 112 valence electrons. The van der Waals surface area contributed by atoms with E-state index < -0.39 is 5.92 Å². The molecule has 0 saturated carbocycles. The van der Waals surface area contributed by atoms with Crippen molar-refractivity contribution in [2.75, 3.05) is 38.1 Å². The van der Waals surface area contributed by atoms with Crippen LogP contribution in [0.1, 0.15) is 19.3 Å². The summed E-state index contributed by atoms with van der Waals surface area (Å²) in [5.74, 6) is -2.45. The minimum atomic E-state index is -2.45. The molecular weight excluding hydrogens is 328 g/mol. The van der Waals surface area contributed by atoms with E-state index in [0.29, 0.717) is 13.1 Å². The quantitative estimate of drug-likeness (QED) is 0.761. The van der Waals surface area contributed by atoms with E-state index >= 15 is 0 Å². The van der Waals surface area contributed by atoms with Crippen LogP contribution < -0.4 is 4.90 Å². The Balaban J connectivity index is 1.69. The van der Waals surface area contributed by atoms with Crippen LogP contribution in [-0.2, 0) is 0 Å². The normalized spacial score (nSPS) is 19.0. The number of halogens is 3. The van der Waals surface area contributed by atoms with E-state index in [-0.39, 0.29) is 12.8 Å². The maximum atomic E-state index is 13.0. The number of pyridine rings is 1. The van der Waals surface area contributed by atoms with Gasteiger partial charge in [-0.05, 0) is 41.0 Å². The second-order valence-electron chi connectivity index (χ2n) is 5.31. The van der Waals surface area contributed by atoms with Crippen molar-refractivity contribution in [2.45, 2.75) is 25.2 Å². The van der Waals surface area contributed by atoms with E-state index in [9.17, 15) is 8.78 Å². The lowest BCUT2D eigenvalue weighted by atomic mass is 10.1. The predicted octanol–water partition coefficient (Wildman–Crippen LogP) is 3.40. The van der Waals surface area contributed by atoms with Crippen LogP contribution in [0.5, 0.6) is 0 Å². The van der Waals surface area contributed by atoms with Gasteiger partial charge in [0.15, 0.2) is 0 Å². The van der Waals surface area contributed by atoms with Crippen LogP contribution in [0.3, 0.4) is 0 Å². The van der Waals surface area contributed by atoms with Crippen LogP contribution in [-0.4, -0.2) is 49.0 Å². The summed E-state index contributed by atoms with van der Waals surface area (Å²) in [5.41, 5.74) is 1.07. The topological polar surface area (TPSA) is 19.4 Å². The van der Waals surface area contributed by atoms with Gasteiger partial charge in [-0.15, -0.1) is 0 Å². The number of likely N-dealkylation sites (tertiary alicyclic amines) is 1. The fraction of sp³-hybridized carbons (Fsp3) is 0.643. The molecule has 0 atom stereocenters. The molecule has 0 unspecified atom stereocenters. The molecule has 6 heteroatoms. The highest BCUT2D eigenvalue weighted by Crippen LogP contribution is 2.27. The smallest absolute Gasteiger partial charge is 0.250 e. The molecule has 1 aromatic rings. The van der Waals surface area contributed by atoms with Gasteiger partial charge in [-0.3, -0.25) is 0 Å². The number of nitrogens with zero attached hydrogens (tertiary/aromatic N) is 3. The van der Waals surface area contributed by atoms with E-state index in [4.69, 9.17) is 0 Å². The van der Waals surface area contributed by atoms with Crippen molar-refractivity contribution in [1.29, 1.82) is 0 Å². The number of hydrogen-bond donors (Lipinski definition) is 0. The molecule has 20 heavy (non-hydrogen) atoms. The first kappa shape index (κ1) is 15.6. The van der Waals surface area contributed by atoms with Crippen LogP contribution in [0.2, 0.25) is 0 Å². The molecule has 0 spiro atoms. The Bertz CT molecular complexity index is 415.